The molecule has 0 fully saturated rings. The van der Waals surface area contributed by atoms with Crippen molar-refractivity contribution in [2.24, 2.45) is 0 Å². The third-order valence-corrected chi connectivity index (χ3v) is 3.20. The molecule has 0 saturated heterocycles. The number of halogens is 1. The monoisotopic (exact) mass is 304 g/mol. The van der Waals surface area contributed by atoms with Crippen molar-refractivity contribution < 1.29 is 4.79 Å². The molecule has 2 aromatic rings. The average Bonchev–Trinajstić information content (AvgIpc) is 2.48. The molecule has 2 rings (SSSR count). The number of rotatable bonds is 5. The third kappa shape index (κ3) is 5.58. The quantitative estimate of drug-likeness (QED) is 0.884. The highest BCUT2D eigenvalue weighted by Crippen LogP contribution is 2.11. The first-order valence-electron chi connectivity index (χ1n) is 6.80. The molecule has 0 saturated carbocycles. The second-order valence-corrected chi connectivity index (χ2v) is 4.93. The molecule has 1 unspecified atom stereocenters. The van der Waals surface area contributed by atoms with Crippen LogP contribution in [-0.4, -0.2) is 12.5 Å². The summed E-state index contributed by atoms with van der Waals surface area (Å²) >= 11 is 0. The first-order valence-corrected chi connectivity index (χ1v) is 6.80. The van der Waals surface area contributed by atoms with Crippen LogP contribution in [0.15, 0.2) is 54.6 Å². The molecule has 2 N–H and O–H groups in total. The summed E-state index contributed by atoms with van der Waals surface area (Å²) in [7, 11) is 0. The molecule has 0 radical (unpaired) electrons. The van der Waals surface area contributed by atoms with Crippen molar-refractivity contribution in [3.8, 4) is 0 Å². The van der Waals surface area contributed by atoms with Crippen LogP contribution in [0.5, 0.6) is 0 Å². The lowest BCUT2D eigenvalue weighted by Crippen LogP contribution is -2.30. The fraction of sp³-hybridized carbons (Fsp3) is 0.235. The summed E-state index contributed by atoms with van der Waals surface area (Å²) in [5.41, 5.74) is 3.18. The Morgan fingerprint density at radius 1 is 1.05 bits per heavy atom. The van der Waals surface area contributed by atoms with Crippen molar-refractivity contribution in [1.29, 1.82) is 0 Å². The standard InChI is InChI=1S/C17H20N2O.ClH/c1-13-8-10-16(11-9-13)19-17(20)12-18-14(2)15-6-4-3-5-7-15;/h3-11,14,18H,12H2,1-2H3,(H,19,20);1H. The highest BCUT2D eigenvalue weighted by atomic mass is 35.5. The summed E-state index contributed by atoms with van der Waals surface area (Å²) in [6, 6.07) is 18.0. The van der Waals surface area contributed by atoms with Gasteiger partial charge in [0.25, 0.3) is 0 Å². The second-order valence-electron chi connectivity index (χ2n) is 4.93. The molecule has 0 bridgehead atoms. The Hall–Kier alpha value is -1.84. The first-order chi connectivity index (χ1) is 9.65. The Balaban J connectivity index is 0.00000220. The van der Waals surface area contributed by atoms with Gasteiger partial charge in [-0.05, 0) is 31.5 Å². The predicted molar refractivity (Wildman–Crippen MR) is 89.9 cm³/mol. The molecule has 21 heavy (non-hydrogen) atoms. The topological polar surface area (TPSA) is 41.1 Å². The van der Waals surface area contributed by atoms with Gasteiger partial charge in [0.2, 0.25) is 5.91 Å². The van der Waals surface area contributed by atoms with Crippen molar-refractivity contribution in [2.45, 2.75) is 19.9 Å². The molecular weight excluding hydrogens is 284 g/mol. The minimum Gasteiger partial charge on any atom is -0.325 e. The van der Waals surface area contributed by atoms with Crippen molar-refractivity contribution in [1.82, 2.24) is 5.32 Å². The van der Waals surface area contributed by atoms with Crippen molar-refractivity contribution >= 4 is 24.0 Å². The number of carbonyl (C=O) groups is 1. The molecule has 112 valence electrons. The van der Waals surface area contributed by atoms with Gasteiger partial charge in [0.1, 0.15) is 0 Å². The van der Waals surface area contributed by atoms with Crippen LogP contribution >= 0.6 is 12.4 Å². The minimum absolute atomic E-state index is 0. The van der Waals surface area contributed by atoms with E-state index in [4.69, 9.17) is 0 Å². The summed E-state index contributed by atoms with van der Waals surface area (Å²) in [6.07, 6.45) is 0. The Morgan fingerprint density at radius 2 is 1.67 bits per heavy atom. The molecule has 0 aliphatic heterocycles. The van der Waals surface area contributed by atoms with E-state index in [9.17, 15) is 4.79 Å². The van der Waals surface area contributed by atoms with Gasteiger partial charge in [-0.2, -0.15) is 0 Å². The fourth-order valence-electron chi connectivity index (χ4n) is 1.95. The molecule has 0 aromatic heterocycles. The van der Waals surface area contributed by atoms with E-state index in [-0.39, 0.29) is 24.4 Å². The van der Waals surface area contributed by atoms with E-state index in [0.717, 1.165) is 5.69 Å². The predicted octanol–water partition coefficient (Wildman–Crippen LogP) is 3.71. The Morgan fingerprint density at radius 3 is 2.29 bits per heavy atom. The zero-order valence-electron chi connectivity index (χ0n) is 12.3. The number of benzene rings is 2. The van der Waals surface area contributed by atoms with E-state index in [0.29, 0.717) is 6.54 Å². The first kappa shape index (κ1) is 17.2. The molecule has 0 spiro atoms. The maximum Gasteiger partial charge on any atom is 0.238 e. The van der Waals surface area contributed by atoms with Gasteiger partial charge in [0.05, 0.1) is 6.54 Å². The SMILES string of the molecule is Cc1ccc(NC(=O)CNC(C)c2ccccc2)cc1.Cl. The van der Waals surface area contributed by atoms with Gasteiger partial charge < -0.3 is 10.6 Å². The summed E-state index contributed by atoms with van der Waals surface area (Å²) in [5.74, 6) is -0.0309. The van der Waals surface area contributed by atoms with Gasteiger partial charge in [0.15, 0.2) is 0 Å². The van der Waals surface area contributed by atoms with Crippen LogP contribution in [0.2, 0.25) is 0 Å². The summed E-state index contributed by atoms with van der Waals surface area (Å²) in [4.78, 5) is 11.9. The van der Waals surface area contributed by atoms with Gasteiger partial charge in [-0.25, -0.2) is 0 Å². The maximum absolute atomic E-state index is 11.9. The van der Waals surface area contributed by atoms with Gasteiger partial charge in [-0.3, -0.25) is 4.79 Å². The minimum atomic E-state index is -0.0309. The van der Waals surface area contributed by atoms with Gasteiger partial charge in [-0.1, -0.05) is 48.0 Å². The molecular formula is C17H21ClN2O. The lowest BCUT2D eigenvalue weighted by Gasteiger charge is -2.14. The van der Waals surface area contributed by atoms with E-state index in [1.165, 1.54) is 11.1 Å². The van der Waals surface area contributed by atoms with E-state index >= 15 is 0 Å². The molecule has 4 heteroatoms. The van der Waals surface area contributed by atoms with Gasteiger partial charge in [-0.15, -0.1) is 12.4 Å². The van der Waals surface area contributed by atoms with Gasteiger partial charge in [0, 0.05) is 11.7 Å². The number of nitrogens with one attached hydrogen (secondary N) is 2. The number of hydrogen-bond donors (Lipinski definition) is 2. The van der Waals surface area contributed by atoms with Crippen LogP contribution in [0, 0.1) is 6.92 Å². The van der Waals surface area contributed by atoms with Crippen LogP contribution in [0.1, 0.15) is 24.1 Å². The normalized spacial score (nSPS) is 11.3. The zero-order valence-corrected chi connectivity index (χ0v) is 13.1. The summed E-state index contributed by atoms with van der Waals surface area (Å²) < 4.78 is 0. The summed E-state index contributed by atoms with van der Waals surface area (Å²) in [6.45, 7) is 4.37. The number of anilines is 1. The molecule has 0 heterocycles. The average molecular weight is 305 g/mol. The lowest BCUT2D eigenvalue weighted by atomic mass is 10.1. The summed E-state index contributed by atoms with van der Waals surface area (Å²) in [5, 5.41) is 6.09. The number of aryl methyl sites for hydroxylation is 1. The smallest absolute Gasteiger partial charge is 0.238 e. The zero-order chi connectivity index (χ0) is 14.4. The van der Waals surface area contributed by atoms with Crippen LogP contribution in [0.25, 0.3) is 0 Å². The molecule has 0 aliphatic carbocycles. The number of amides is 1. The van der Waals surface area contributed by atoms with Crippen LogP contribution in [0.3, 0.4) is 0 Å². The number of carbonyl (C=O) groups excluding carboxylic acids is 1. The molecule has 3 nitrogen and oxygen atoms in total. The molecule has 2 aromatic carbocycles. The molecule has 1 amide bonds. The van der Waals surface area contributed by atoms with E-state index in [1.807, 2.05) is 49.4 Å². The Labute approximate surface area is 132 Å². The van der Waals surface area contributed by atoms with E-state index in [1.54, 1.807) is 0 Å². The van der Waals surface area contributed by atoms with Crippen LogP contribution in [-0.2, 0) is 4.79 Å². The van der Waals surface area contributed by atoms with E-state index < -0.39 is 0 Å². The highest BCUT2D eigenvalue weighted by Gasteiger charge is 2.07. The fourth-order valence-corrected chi connectivity index (χ4v) is 1.95. The highest BCUT2D eigenvalue weighted by molar-refractivity contribution is 5.92. The second kappa shape index (κ2) is 8.45. The van der Waals surface area contributed by atoms with Crippen molar-refractivity contribution in [2.75, 3.05) is 11.9 Å². The largest absolute Gasteiger partial charge is 0.325 e. The van der Waals surface area contributed by atoms with Crippen LogP contribution in [0.4, 0.5) is 5.69 Å². The van der Waals surface area contributed by atoms with E-state index in [2.05, 4.69) is 29.7 Å². The van der Waals surface area contributed by atoms with Crippen LogP contribution < -0.4 is 10.6 Å². The van der Waals surface area contributed by atoms with Crippen molar-refractivity contribution in [3.05, 3.63) is 65.7 Å². The third-order valence-electron chi connectivity index (χ3n) is 3.20. The van der Waals surface area contributed by atoms with Crippen molar-refractivity contribution in [3.63, 3.8) is 0 Å². The maximum atomic E-state index is 11.9. The lowest BCUT2D eigenvalue weighted by molar-refractivity contribution is -0.115. The number of hydrogen-bond acceptors (Lipinski definition) is 2. The van der Waals surface area contributed by atoms with Gasteiger partial charge >= 0.3 is 0 Å². The Bertz CT molecular complexity index is 555. The molecule has 1 atom stereocenters. The Kier molecular flexibility index (Phi) is 6.92. The molecule has 0 aliphatic rings.